The molecule has 0 aliphatic heterocycles. The van der Waals surface area contributed by atoms with Crippen LogP contribution in [0.5, 0.6) is 5.75 Å². The van der Waals surface area contributed by atoms with E-state index in [2.05, 4.69) is 57.7 Å². The maximum atomic E-state index is 11.3. The van der Waals surface area contributed by atoms with Crippen molar-refractivity contribution in [3.05, 3.63) is 70.8 Å². The van der Waals surface area contributed by atoms with Crippen LogP contribution < -0.4 is 4.74 Å². The van der Waals surface area contributed by atoms with Crippen LogP contribution in [0.25, 0.3) is 5.57 Å². The maximum Gasteiger partial charge on any atom is 0.303 e. The maximum absolute atomic E-state index is 11.3. The van der Waals surface area contributed by atoms with Crippen molar-refractivity contribution < 1.29 is 24.9 Å². The molecule has 0 saturated heterocycles. The number of aliphatic carboxylic acids is 1. The van der Waals surface area contributed by atoms with Crippen molar-refractivity contribution in [2.75, 3.05) is 6.61 Å². The summed E-state index contributed by atoms with van der Waals surface area (Å²) in [5.74, 6) is -0.227. The Morgan fingerprint density at radius 2 is 1.62 bits per heavy atom. The van der Waals surface area contributed by atoms with Crippen molar-refractivity contribution in [2.24, 2.45) is 0 Å². The summed E-state index contributed by atoms with van der Waals surface area (Å²) in [7, 11) is 0. The third kappa shape index (κ3) is 6.45. The third-order valence-corrected chi connectivity index (χ3v) is 8.40. The van der Waals surface area contributed by atoms with Gasteiger partial charge in [0.25, 0.3) is 0 Å². The molecule has 0 bridgehead atoms. The van der Waals surface area contributed by atoms with Crippen molar-refractivity contribution in [3.63, 3.8) is 0 Å². The van der Waals surface area contributed by atoms with Crippen LogP contribution in [-0.4, -0.2) is 39.6 Å². The molecule has 0 spiro atoms. The highest BCUT2D eigenvalue weighted by Gasteiger charge is 2.35. The van der Waals surface area contributed by atoms with Crippen LogP contribution in [0, 0.1) is 13.8 Å². The van der Waals surface area contributed by atoms with E-state index in [9.17, 15) is 15.0 Å². The molecule has 0 unspecified atom stereocenters. The number of aliphatic hydroxyl groups is 2. The van der Waals surface area contributed by atoms with E-state index in [-0.39, 0.29) is 24.9 Å². The molecule has 0 radical (unpaired) electrons. The average molecular weight is 509 g/mol. The summed E-state index contributed by atoms with van der Waals surface area (Å²) >= 11 is 0. The first-order valence-electron chi connectivity index (χ1n) is 13.7. The molecular formula is C32H44O5. The van der Waals surface area contributed by atoms with Gasteiger partial charge in [-0.15, -0.1) is 0 Å². The molecule has 1 aliphatic carbocycles. The van der Waals surface area contributed by atoms with E-state index in [0.717, 1.165) is 60.8 Å². The van der Waals surface area contributed by atoms with E-state index >= 15 is 0 Å². The Morgan fingerprint density at radius 1 is 1.03 bits per heavy atom. The minimum absolute atomic E-state index is 0.0665. The fraction of sp³-hybridized carbons (Fsp3) is 0.531. The van der Waals surface area contributed by atoms with Gasteiger partial charge in [0.1, 0.15) is 12.4 Å². The Morgan fingerprint density at radius 3 is 2.16 bits per heavy atom. The molecular weight excluding hydrogens is 464 g/mol. The molecule has 1 atom stereocenters. The number of aryl methyl sites for hydroxylation is 2. The highest BCUT2D eigenvalue weighted by molar-refractivity contribution is 5.73. The first-order chi connectivity index (χ1) is 17.6. The fourth-order valence-corrected chi connectivity index (χ4v) is 5.89. The van der Waals surface area contributed by atoms with Crippen LogP contribution >= 0.6 is 0 Å². The highest BCUT2D eigenvalue weighted by Crippen LogP contribution is 2.43. The number of benzene rings is 2. The van der Waals surface area contributed by atoms with Gasteiger partial charge in [-0.1, -0.05) is 70.0 Å². The first-order valence-corrected chi connectivity index (χ1v) is 13.7. The van der Waals surface area contributed by atoms with Crippen molar-refractivity contribution in [3.8, 4) is 5.75 Å². The molecule has 3 N–H and O–H groups in total. The van der Waals surface area contributed by atoms with Gasteiger partial charge in [-0.3, -0.25) is 4.79 Å². The lowest BCUT2D eigenvalue weighted by atomic mass is 9.69. The molecule has 202 valence electrons. The second-order valence-corrected chi connectivity index (χ2v) is 10.8. The van der Waals surface area contributed by atoms with Gasteiger partial charge < -0.3 is 20.1 Å². The first kappa shape index (κ1) is 28.9. The Hall–Kier alpha value is -2.63. The number of hydrogen-bond donors (Lipinski definition) is 3. The monoisotopic (exact) mass is 508 g/mol. The summed E-state index contributed by atoms with van der Waals surface area (Å²) in [4.78, 5) is 10.7. The van der Waals surface area contributed by atoms with Gasteiger partial charge in [0.15, 0.2) is 0 Å². The van der Waals surface area contributed by atoms with Crippen LogP contribution in [0.1, 0.15) is 99.5 Å². The van der Waals surface area contributed by atoms with E-state index in [1.165, 1.54) is 17.5 Å². The Balaban J connectivity index is 1.85. The lowest BCUT2D eigenvalue weighted by Gasteiger charge is -2.36. The van der Waals surface area contributed by atoms with Gasteiger partial charge in [0.05, 0.1) is 11.7 Å². The van der Waals surface area contributed by atoms with Crippen LogP contribution in [0.15, 0.2) is 43.0 Å². The molecule has 0 aromatic heterocycles. The molecule has 0 heterocycles. The smallest absolute Gasteiger partial charge is 0.303 e. The molecule has 0 amide bonds. The van der Waals surface area contributed by atoms with Crippen LogP contribution in [-0.2, 0) is 10.2 Å². The Bertz CT molecular complexity index is 1090. The number of carboxylic acids is 1. The van der Waals surface area contributed by atoms with E-state index < -0.39 is 17.7 Å². The van der Waals surface area contributed by atoms with Gasteiger partial charge >= 0.3 is 5.97 Å². The van der Waals surface area contributed by atoms with E-state index in [4.69, 9.17) is 9.84 Å². The highest BCUT2D eigenvalue weighted by atomic mass is 16.5. The summed E-state index contributed by atoms with van der Waals surface area (Å²) in [6, 6.07) is 12.8. The number of carboxylic acid groups (broad SMARTS) is 1. The van der Waals surface area contributed by atoms with Gasteiger partial charge in [0.2, 0.25) is 0 Å². The van der Waals surface area contributed by atoms with Gasteiger partial charge in [-0.25, -0.2) is 0 Å². The van der Waals surface area contributed by atoms with Crippen LogP contribution in [0.3, 0.4) is 0 Å². The number of aliphatic hydroxyl groups excluding tert-OH is 1. The number of hydrogen-bond acceptors (Lipinski definition) is 4. The summed E-state index contributed by atoms with van der Waals surface area (Å²) in [6.45, 7) is 12.9. The summed E-state index contributed by atoms with van der Waals surface area (Å²) in [5.41, 5.74) is 5.51. The summed E-state index contributed by atoms with van der Waals surface area (Å²) in [5, 5.41) is 30.1. The van der Waals surface area contributed by atoms with Gasteiger partial charge in [-0.2, -0.15) is 0 Å². The van der Waals surface area contributed by atoms with Crippen LogP contribution in [0.4, 0.5) is 0 Å². The standard InChI is InChI=1S/C32H44O5/c1-6-31(7-2,26-12-15-29(23(4)20-26)37-21-27(33)13-16-30(34)35)25-11-14-28(22(3)19-25)24(5)32(36)17-9-8-10-18-32/h11-12,14-15,19-20,27,33,36H,5-10,13,16-18,21H2,1-4H3,(H,34,35)/t27-/m0/s1. The molecule has 2 aromatic rings. The molecule has 1 aliphatic rings. The predicted octanol–water partition coefficient (Wildman–Crippen LogP) is 6.72. The van der Waals surface area contributed by atoms with Crippen LogP contribution in [0.2, 0.25) is 0 Å². The third-order valence-electron chi connectivity index (χ3n) is 8.40. The second-order valence-electron chi connectivity index (χ2n) is 10.8. The largest absolute Gasteiger partial charge is 0.491 e. The molecule has 37 heavy (non-hydrogen) atoms. The van der Waals surface area contributed by atoms with Gasteiger partial charge in [0, 0.05) is 11.8 Å². The van der Waals surface area contributed by atoms with Crippen molar-refractivity contribution in [1.82, 2.24) is 0 Å². The van der Waals surface area contributed by atoms with E-state index in [1.54, 1.807) is 0 Å². The molecule has 2 aromatic carbocycles. The lowest BCUT2D eigenvalue weighted by Crippen LogP contribution is -2.32. The molecule has 1 saturated carbocycles. The molecule has 1 fully saturated rings. The normalized spacial score (nSPS) is 16.3. The zero-order chi connectivity index (χ0) is 27.2. The number of ether oxygens (including phenoxy) is 1. The number of rotatable bonds is 12. The Kier molecular flexibility index (Phi) is 9.60. The quantitative estimate of drug-likeness (QED) is 0.296. The van der Waals surface area contributed by atoms with Crippen molar-refractivity contribution in [1.29, 1.82) is 0 Å². The summed E-state index contributed by atoms with van der Waals surface area (Å²) in [6.07, 6.45) is 5.96. The average Bonchev–Trinajstić information content (AvgIpc) is 2.88. The van der Waals surface area contributed by atoms with Crippen molar-refractivity contribution in [2.45, 2.75) is 103 Å². The molecule has 3 rings (SSSR count). The second kappa shape index (κ2) is 12.3. The zero-order valence-corrected chi connectivity index (χ0v) is 23.0. The Labute approximate surface area is 222 Å². The predicted molar refractivity (Wildman–Crippen MR) is 149 cm³/mol. The summed E-state index contributed by atoms with van der Waals surface area (Å²) < 4.78 is 5.82. The topological polar surface area (TPSA) is 87.0 Å². The molecule has 5 nitrogen and oxygen atoms in total. The van der Waals surface area contributed by atoms with E-state index in [0.29, 0.717) is 5.75 Å². The molecule has 5 heteroatoms. The zero-order valence-electron chi connectivity index (χ0n) is 23.0. The minimum atomic E-state index is -0.924. The van der Waals surface area contributed by atoms with E-state index in [1.807, 2.05) is 13.0 Å². The minimum Gasteiger partial charge on any atom is -0.491 e. The SMILES string of the molecule is C=C(c1ccc(C(CC)(CC)c2ccc(OC[C@@H](O)CCC(=O)O)c(C)c2)cc1C)C1(O)CCCCC1. The fourth-order valence-electron chi connectivity index (χ4n) is 5.89. The van der Waals surface area contributed by atoms with Crippen molar-refractivity contribution >= 4 is 11.5 Å². The lowest BCUT2D eigenvalue weighted by molar-refractivity contribution is -0.137. The van der Waals surface area contributed by atoms with Gasteiger partial charge in [-0.05, 0) is 85.4 Å². The number of carbonyl (C=O) groups is 1.